The lowest BCUT2D eigenvalue weighted by Gasteiger charge is -2.22. The summed E-state index contributed by atoms with van der Waals surface area (Å²) in [6.45, 7) is 0. The predicted molar refractivity (Wildman–Crippen MR) is 53.3 cm³/mol. The van der Waals surface area contributed by atoms with Crippen molar-refractivity contribution >= 4 is 18.1 Å². The summed E-state index contributed by atoms with van der Waals surface area (Å²) < 4.78 is 0.890. The molecule has 0 aliphatic carbocycles. The van der Waals surface area contributed by atoms with Crippen molar-refractivity contribution in [3.8, 4) is 0 Å². The maximum Gasteiger partial charge on any atom is 0.132 e. The Morgan fingerprint density at radius 2 is 1.33 bits per heavy atom. The molecule has 0 aliphatic rings. The number of halogens is 2. The van der Waals surface area contributed by atoms with Crippen LogP contribution in [0.1, 0.15) is 0 Å². The molecule has 1 aromatic rings. The zero-order chi connectivity index (χ0) is 7.61. The molecule has 0 saturated carbocycles. The molecular formula is C9H15ClIN. The van der Waals surface area contributed by atoms with Gasteiger partial charge in [-0.05, 0) is 12.1 Å². The van der Waals surface area contributed by atoms with E-state index >= 15 is 0 Å². The van der Waals surface area contributed by atoms with Gasteiger partial charge >= 0.3 is 0 Å². The Kier molecular flexibility index (Phi) is 7.08. The Balaban J connectivity index is 0. The van der Waals surface area contributed by atoms with Crippen molar-refractivity contribution in [2.45, 2.75) is 0 Å². The Bertz CT molecular complexity index is 206. The van der Waals surface area contributed by atoms with Crippen LogP contribution in [0, 0.1) is 0 Å². The van der Waals surface area contributed by atoms with Crippen molar-refractivity contribution in [1.29, 1.82) is 0 Å². The van der Waals surface area contributed by atoms with E-state index in [2.05, 4.69) is 45.4 Å². The summed E-state index contributed by atoms with van der Waals surface area (Å²) in [7, 11) is 6.49. The molecule has 0 N–H and O–H groups in total. The molecule has 12 heavy (non-hydrogen) atoms. The molecule has 0 atom stereocenters. The zero-order valence-electron chi connectivity index (χ0n) is 7.62. The lowest BCUT2D eigenvalue weighted by atomic mass is 10.3. The fraction of sp³-hybridized carbons (Fsp3) is 0.333. The van der Waals surface area contributed by atoms with Crippen LogP contribution in [-0.2, 0) is 0 Å². The molecule has 0 saturated heterocycles. The van der Waals surface area contributed by atoms with E-state index < -0.39 is 0 Å². The average Bonchev–Trinajstić information content (AvgIpc) is 1.88. The fourth-order valence-corrected chi connectivity index (χ4v) is 0.875. The minimum Gasteiger partial charge on any atom is -1.00 e. The first-order valence-electron chi connectivity index (χ1n) is 3.48. The van der Waals surface area contributed by atoms with E-state index in [9.17, 15) is 0 Å². The van der Waals surface area contributed by atoms with E-state index in [0.29, 0.717) is 0 Å². The van der Waals surface area contributed by atoms with Crippen molar-refractivity contribution in [2.75, 3.05) is 21.1 Å². The van der Waals surface area contributed by atoms with Gasteiger partial charge in [-0.15, -0.1) is 12.4 Å². The van der Waals surface area contributed by atoms with Crippen LogP contribution in [-0.4, -0.2) is 21.1 Å². The number of hydrogen-bond acceptors (Lipinski definition) is 0. The standard InChI is InChI=1S/C9H14N.ClH.HI/c1-10(2,3)9-7-5-4-6-8-9;;/h4-8H,1-3H3;2*1H/q+1;;/p-1. The van der Waals surface area contributed by atoms with Crippen LogP contribution in [0.2, 0.25) is 0 Å². The number of nitrogens with zero attached hydrogens (tertiary/aromatic N) is 1. The lowest BCUT2D eigenvalue weighted by molar-refractivity contribution is -0.00000252. The molecule has 1 rings (SSSR count). The highest BCUT2D eigenvalue weighted by Crippen LogP contribution is 2.14. The molecule has 0 heterocycles. The Morgan fingerprint density at radius 3 is 1.58 bits per heavy atom. The van der Waals surface area contributed by atoms with E-state index in [1.165, 1.54) is 5.69 Å². The Morgan fingerprint density at radius 1 is 0.917 bits per heavy atom. The third kappa shape index (κ3) is 4.28. The highest BCUT2D eigenvalue weighted by molar-refractivity contribution is 5.85. The first kappa shape index (κ1) is 14.7. The zero-order valence-corrected chi connectivity index (χ0v) is 10.6. The van der Waals surface area contributed by atoms with Gasteiger partial charge in [-0.3, -0.25) is 4.48 Å². The maximum absolute atomic E-state index is 2.16. The smallest absolute Gasteiger partial charge is 0.132 e. The quantitative estimate of drug-likeness (QED) is 0.476. The summed E-state index contributed by atoms with van der Waals surface area (Å²) in [6, 6.07) is 10.5. The van der Waals surface area contributed by atoms with E-state index in [0.717, 1.165) is 4.48 Å². The number of quaternary nitrogens is 1. The van der Waals surface area contributed by atoms with Crippen LogP contribution < -0.4 is 28.5 Å². The molecule has 1 aromatic carbocycles. The largest absolute Gasteiger partial charge is 1.00 e. The van der Waals surface area contributed by atoms with Gasteiger partial charge in [-0.1, -0.05) is 18.2 Å². The SMILES string of the molecule is C[N+](C)(C)c1ccccc1.Cl.[I-]. The van der Waals surface area contributed by atoms with Crippen LogP contribution in [0.25, 0.3) is 0 Å². The Hall–Kier alpha value is 0.200. The molecule has 0 fully saturated rings. The first-order valence-corrected chi connectivity index (χ1v) is 3.48. The minimum absolute atomic E-state index is 0. The average molecular weight is 300 g/mol. The second-order valence-corrected chi connectivity index (χ2v) is 3.35. The number of rotatable bonds is 1. The van der Waals surface area contributed by atoms with E-state index in [1.54, 1.807) is 0 Å². The van der Waals surface area contributed by atoms with Gasteiger partial charge in [0.1, 0.15) is 5.69 Å². The van der Waals surface area contributed by atoms with Crippen molar-refractivity contribution < 1.29 is 24.0 Å². The molecule has 0 amide bonds. The monoisotopic (exact) mass is 299 g/mol. The van der Waals surface area contributed by atoms with Crippen LogP contribution >= 0.6 is 12.4 Å². The van der Waals surface area contributed by atoms with E-state index in [1.807, 2.05) is 6.07 Å². The minimum atomic E-state index is 0. The van der Waals surface area contributed by atoms with Crippen molar-refractivity contribution in [1.82, 2.24) is 4.48 Å². The fourth-order valence-electron chi connectivity index (χ4n) is 0.875. The molecule has 70 valence electrons. The third-order valence-corrected chi connectivity index (χ3v) is 1.53. The molecular weight excluding hydrogens is 284 g/mol. The van der Waals surface area contributed by atoms with Crippen molar-refractivity contribution in [2.24, 2.45) is 0 Å². The van der Waals surface area contributed by atoms with Crippen LogP contribution in [0.3, 0.4) is 0 Å². The van der Waals surface area contributed by atoms with Gasteiger partial charge in [0.15, 0.2) is 0 Å². The second-order valence-electron chi connectivity index (χ2n) is 3.35. The summed E-state index contributed by atoms with van der Waals surface area (Å²) in [6.07, 6.45) is 0. The van der Waals surface area contributed by atoms with Crippen LogP contribution in [0.5, 0.6) is 0 Å². The van der Waals surface area contributed by atoms with Crippen LogP contribution in [0.4, 0.5) is 5.69 Å². The highest BCUT2D eigenvalue weighted by Gasteiger charge is 2.08. The summed E-state index contributed by atoms with van der Waals surface area (Å²) in [5.74, 6) is 0. The van der Waals surface area contributed by atoms with Gasteiger partial charge in [0.25, 0.3) is 0 Å². The van der Waals surface area contributed by atoms with Gasteiger partial charge in [0.2, 0.25) is 0 Å². The number of hydrogen-bond donors (Lipinski definition) is 0. The number of para-hydroxylation sites is 1. The summed E-state index contributed by atoms with van der Waals surface area (Å²) >= 11 is 0. The van der Waals surface area contributed by atoms with Gasteiger partial charge in [-0.2, -0.15) is 0 Å². The molecule has 0 aliphatic heterocycles. The molecule has 3 heteroatoms. The van der Waals surface area contributed by atoms with Crippen molar-refractivity contribution in [3.05, 3.63) is 30.3 Å². The van der Waals surface area contributed by atoms with Gasteiger partial charge in [0, 0.05) is 0 Å². The summed E-state index contributed by atoms with van der Waals surface area (Å²) in [5, 5.41) is 0. The molecule has 0 radical (unpaired) electrons. The first-order chi connectivity index (χ1) is 4.61. The molecule has 0 spiro atoms. The van der Waals surface area contributed by atoms with Gasteiger partial charge < -0.3 is 24.0 Å². The molecule has 0 bridgehead atoms. The summed E-state index contributed by atoms with van der Waals surface area (Å²) in [4.78, 5) is 0. The lowest BCUT2D eigenvalue weighted by Crippen LogP contribution is -3.00. The third-order valence-electron chi connectivity index (χ3n) is 1.53. The van der Waals surface area contributed by atoms with E-state index in [4.69, 9.17) is 0 Å². The van der Waals surface area contributed by atoms with Gasteiger partial charge in [-0.25, -0.2) is 0 Å². The van der Waals surface area contributed by atoms with Crippen LogP contribution in [0.15, 0.2) is 30.3 Å². The molecule has 0 unspecified atom stereocenters. The maximum atomic E-state index is 2.16. The van der Waals surface area contributed by atoms with Crippen molar-refractivity contribution in [3.63, 3.8) is 0 Å². The normalized spacial score (nSPS) is 9.58. The number of benzene rings is 1. The highest BCUT2D eigenvalue weighted by atomic mass is 127. The summed E-state index contributed by atoms with van der Waals surface area (Å²) in [5.41, 5.74) is 1.34. The molecule has 1 nitrogen and oxygen atoms in total. The topological polar surface area (TPSA) is 0 Å². The predicted octanol–water partition coefficient (Wildman–Crippen LogP) is -0.691. The second kappa shape index (κ2) is 5.78. The Labute approximate surface area is 97.8 Å². The van der Waals surface area contributed by atoms with Gasteiger partial charge in [0.05, 0.1) is 21.1 Å². The van der Waals surface area contributed by atoms with E-state index in [-0.39, 0.29) is 36.4 Å². The molecule has 0 aromatic heterocycles.